The maximum atomic E-state index is 15.1. The number of hydrogen-bond donors (Lipinski definition) is 0. The van der Waals surface area contributed by atoms with Crippen molar-refractivity contribution in [1.29, 1.82) is 0 Å². The predicted molar refractivity (Wildman–Crippen MR) is 128 cm³/mol. The molecular weight excluding hydrogens is 463 g/mol. The molecule has 172 valence electrons. The molecule has 3 aromatic rings. The molecule has 0 radical (unpaired) electrons. The molecule has 0 bridgehead atoms. The minimum atomic E-state index is -1.16. The van der Waals surface area contributed by atoms with Crippen LogP contribution in [0.1, 0.15) is 49.6 Å². The standard InChI is InChI=1S/C24H24ClFN4O2S/c1-5-6-10-33-24-27-22-20(28-29-24)16-12-13(2)11-14(3)21(16)30(15(4)31)23(32-22)19-17(25)8-7-9-18(19)26/h7-9,11-12,23H,5-6,10H2,1-4H3. The van der Waals surface area contributed by atoms with Gasteiger partial charge in [-0.15, -0.1) is 10.2 Å². The number of carbonyl (C=O) groups is 1. The van der Waals surface area contributed by atoms with E-state index in [9.17, 15) is 4.79 Å². The number of ether oxygens (including phenoxy) is 1. The Morgan fingerprint density at radius 3 is 2.76 bits per heavy atom. The molecule has 0 saturated carbocycles. The first-order chi connectivity index (χ1) is 15.8. The molecule has 1 aliphatic heterocycles. The maximum Gasteiger partial charge on any atom is 0.247 e. The van der Waals surface area contributed by atoms with Crippen molar-refractivity contribution in [3.8, 4) is 17.1 Å². The predicted octanol–water partition coefficient (Wildman–Crippen LogP) is 6.28. The molecule has 1 atom stereocenters. The minimum absolute atomic E-state index is 0.0620. The van der Waals surface area contributed by atoms with E-state index < -0.39 is 12.0 Å². The second kappa shape index (κ2) is 9.65. The third-order valence-electron chi connectivity index (χ3n) is 5.35. The van der Waals surface area contributed by atoms with Gasteiger partial charge in [-0.25, -0.2) is 4.39 Å². The number of anilines is 1. The van der Waals surface area contributed by atoms with E-state index in [4.69, 9.17) is 16.3 Å². The Bertz CT molecular complexity index is 1200. The van der Waals surface area contributed by atoms with Gasteiger partial charge in [-0.3, -0.25) is 9.69 Å². The van der Waals surface area contributed by atoms with E-state index >= 15 is 4.39 Å². The highest BCUT2D eigenvalue weighted by atomic mass is 35.5. The summed E-state index contributed by atoms with van der Waals surface area (Å²) in [6, 6.07) is 8.24. The van der Waals surface area contributed by atoms with E-state index in [0.717, 1.165) is 29.7 Å². The molecule has 2 heterocycles. The molecule has 2 aromatic carbocycles. The SMILES string of the molecule is CCCCSc1nnc2c(n1)OC(c1c(F)cccc1Cl)N(C(C)=O)c1c(C)cc(C)cc1-2. The lowest BCUT2D eigenvalue weighted by atomic mass is 10.00. The van der Waals surface area contributed by atoms with Gasteiger partial charge in [0.1, 0.15) is 5.82 Å². The smallest absolute Gasteiger partial charge is 0.247 e. The van der Waals surface area contributed by atoms with Gasteiger partial charge in [0.05, 0.1) is 16.3 Å². The van der Waals surface area contributed by atoms with Crippen LogP contribution < -0.4 is 9.64 Å². The zero-order chi connectivity index (χ0) is 23.7. The quantitative estimate of drug-likeness (QED) is 0.312. The number of unbranched alkanes of at least 4 members (excludes halogenated alkanes) is 1. The van der Waals surface area contributed by atoms with Crippen LogP contribution in [0, 0.1) is 19.7 Å². The Kier molecular flexibility index (Phi) is 6.86. The number of benzene rings is 2. The number of aryl methyl sites for hydroxylation is 2. The topological polar surface area (TPSA) is 68.2 Å². The van der Waals surface area contributed by atoms with Crippen LogP contribution in [-0.4, -0.2) is 26.8 Å². The number of nitrogens with zero attached hydrogens (tertiary/aromatic N) is 4. The first-order valence-electron chi connectivity index (χ1n) is 10.7. The molecule has 0 fully saturated rings. The normalized spacial score (nSPS) is 14.8. The molecule has 6 nitrogen and oxygen atoms in total. The number of aromatic nitrogens is 3. The van der Waals surface area contributed by atoms with Gasteiger partial charge in [-0.1, -0.05) is 54.4 Å². The van der Waals surface area contributed by atoms with E-state index in [1.54, 1.807) is 6.07 Å². The van der Waals surface area contributed by atoms with Gasteiger partial charge < -0.3 is 4.74 Å². The number of carbonyl (C=O) groups excluding carboxylic acids is 1. The van der Waals surface area contributed by atoms with Crippen molar-refractivity contribution >= 4 is 35.0 Å². The second-order valence-electron chi connectivity index (χ2n) is 7.92. The number of thioether (sulfide) groups is 1. The van der Waals surface area contributed by atoms with Crippen molar-refractivity contribution in [2.24, 2.45) is 0 Å². The van der Waals surface area contributed by atoms with Crippen LogP contribution in [0.15, 0.2) is 35.5 Å². The molecule has 1 unspecified atom stereocenters. The van der Waals surface area contributed by atoms with Gasteiger partial charge in [0.25, 0.3) is 0 Å². The summed E-state index contributed by atoms with van der Waals surface area (Å²) in [4.78, 5) is 19.0. The maximum absolute atomic E-state index is 15.1. The monoisotopic (exact) mass is 486 g/mol. The summed E-state index contributed by atoms with van der Waals surface area (Å²) < 4.78 is 21.3. The Labute approximate surface area is 201 Å². The number of rotatable bonds is 5. The molecule has 4 rings (SSSR count). The summed E-state index contributed by atoms with van der Waals surface area (Å²) in [7, 11) is 0. The fraction of sp³-hybridized carbons (Fsp3) is 0.333. The first-order valence-corrected chi connectivity index (χ1v) is 12.1. The van der Waals surface area contributed by atoms with E-state index in [-0.39, 0.29) is 22.4 Å². The van der Waals surface area contributed by atoms with E-state index in [2.05, 4.69) is 22.1 Å². The number of fused-ring (bicyclic) bond motifs is 3. The van der Waals surface area contributed by atoms with E-state index in [0.29, 0.717) is 22.1 Å². The highest BCUT2D eigenvalue weighted by Crippen LogP contribution is 2.46. The Balaban J connectivity index is 1.97. The second-order valence-corrected chi connectivity index (χ2v) is 9.39. The largest absolute Gasteiger partial charge is 0.447 e. The third kappa shape index (κ3) is 4.54. The molecule has 0 aliphatic carbocycles. The lowest BCUT2D eigenvalue weighted by molar-refractivity contribution is -0.118. The van der Waals surface area contributed by atoms with Crippen LogP contribution in [0.2, 0.25) is 5.02 Å². The lowest BCUT2D eigenvalue weighted by Gasteiger charge is -2.31. The van der Waals surface area contributed by atoms with Crippen LogP contribution in [0.5, 0.6) is 5.88 Å². The van der Waals surface area contributed by atoms with Crippen LogP contribution in [0.4, 0.5) is 10.1 Å². The number of amides is 1. The average molecular weight is 487 g/mol. The van der Waals surface area contributed by atoms with Crippen LogP contribution >= 0.6 is 23.4 Å². The fourth-order valence-electron chi connectivity index (χ4n) is 3.91. The number of hydrogen-bond acceptors (Lipinski definition) is 6. The van der Waals surface area contributed by atoms with Crippen molar-refractivity contribution in [3.05, 3.63) is 57.9 Å². The average Bonchev–Trinajstić information content (AvgIpc) is 2.88. The van der Waals surface area contributed by atoms with Gasteiger partial charge in [0.15, 0.2) is 5.69 Å². The Hall–Kier alpha value is -2.71. The molecule has 33 heavy (non-hydrogen) atoms. The van der Waals surface area contributed by atoms with Gasteiger partial charge >= 0.3 is 0 Å². The Morgan fingerprint density at radius 2 is 2.06 bits per heavy atom. The zero-order valence-electron chi connectivity index (χ0n) is 18.9. The van der Waals surface area contributed by atoms with Crippen LogP contribution in [0.25, 0.3) is 11.3 Å². The van der Waals surface area contributed by atoms with Gasteiger partial charge in [-0.2, -0.15) is 4.98 Å². The summed E-state index contributed by atoms with van der Waals surface area (Å²) in [6.45, 7) is 7.37. The highest BCUT2D eigenvalue weighted by Gasteiger charge is 2.38. The minimum Gasteiger partial charge on any atom is -0.447 e. The lowest BCUT2D eigenvalue weighted by Crippen LogP contribution is -2.37. The summed E-state index contributed by atoms with van der Waals surface area (Å²) in [6.07, 6.45) is 0.899. The van der Waals surface area contributed by atoms with Crippen LogP contribution in [-0.2, 0) is 4.79 Å². The summed E-state index contributed by atoms with van der Waals surface area (Å²) in [5, 5.41) is 9.32. The van der Waals surface area contributed by atoms with Crippen molar-refractivity contribution < 1.29 is 13.9 Å². The zero-order valence-corrected chi connectivity index (χ0v) is 20.4. The highest BCUT2D eigenvalue weighted by molar-refractivity contribution is 7.99. The first kappa shape index (κ1) is 23.4. The number of halogens is 2. The Morgan fingerprint density at radius 1 is 1.27 bits per heavy atom. The summed E-state index contributed by atoms with van der Waals surface area (Å²) >= 11 is 7.89. The molecule has 1 aromatic heterocycles. The van der Waals surface area contributed by atoms with Crippen LogP contribution in [0.3, 0.4) is 0 Å². The molecule has 0 saturated heterocycles. The van der Waals surface area contributed by atoms with Gasteiger partial charge in [0, 0.05) is 18.2 Å². The van der Waals surface area contributed by atoms with Crippen molar-refractivity contribution in [1.82, 2.24) is 15.2 Å². The molecular formula is C24H24ClFN4O2S. The molecule has 1 amide bonds. The summed E-state index contributed by atoms with van der Waals surface area (Å²) in [5.41, 5.74) is 3.48. The molecule has 0 N–H and O–H groups in total. The van der Waals surface area contributed by atoms with Crippen molar-refractivity contribution in [3.63, 3.8) is 0 Å². The molecule has 1 aliphatic rings. The fourth-order valence-corrected chi connectivity index (χ4v) is 5.03. The van der Waals surface area contributed by atoms with E-state index in [1.165, 1.54) is 35.7 Å². The van der Waals surface area contributed by atoms with Gasteiger partial charge in [-0.05, 0) is 44.0 Å². The third-order valence-corrected chi connectivity index (χ3v) is 6.60. The van der Waals surface area contributed by atoms with Crippen molar-refractivity contribution in [2.45, 2.75) is 51.9 Å². The van der Waals surface area contributed by atoms with Gasteiger partial charge in [0.2, 0.25) is 23.2 Å². The van der Waals surface area contributed by atoms with Crippen molar-refractivity contribution in [2.75, 3.05) is 10.7 Å². The molecule has 0 spiro atoms. The summed E-state index contributed by atoms with van der Waals surface area (Å²) in [5.74, 6) is 0.121. The molecule has 9 heteroatoms. The van der Waals surface area contributed by atoms with E-state index in [1.807, 2.05) is 26.0 Å².